The van der Waals surface area contributed by atoms with Crippen LogP contribution in [0.2, 0.25) is 0 Å². The van der Waals surface area contributed by atoms with Crippen molar-refractivity contribution in [3.63, 3.8) is 0 Å². The number of anilines is 2. The van der Waals surface area contributed by atoms with Crippen molar-refractivity contribution in [2.24, 2.45) is 0 Å². The molecule has 2 aromatic carbocycles. The van der Waals surface area contributed by atoms with E-state index in [1.165, 1.54) is 14.2 Å². The fraction of sp³-hybridized carbons (Fsp3) is 0.391. The number of hydrogen-bond donors (Lipinski definition) is 1. The lowest BCUT2D eigenvalue weighted by atomic mass is 10.1. The Morgan fingerprint density at radius 2 is 1.70 bits per heavy atom. The maximum Gasteiger partial charge on any atom is 0.337 e. The van der Waals surface area contributed by atoms with Crippen LogP contribution in [0.3, 0.4) is 0 Å². The summed E-state index contributed by atoms with van der Waals surface area (Å²) in [6.45, 7) is 7.95. The summed E-state index contributed by atoms with van der Waals surface area (Å²) >= 11 is 0. The van der Waals surface area contributed by atoms with Gasteiger partial charge in [0.15, 0.2) is 0 Å². The van der Waals surface area contributed by atoms with E-state index in [0.717, 1.165) is 31.9 Å². The van der Waals surface area contributed by atoms with E-state index in [0.29, 0.717) is 28.6 Å². The van der Waals surface area contributed by atoms with Crippen LogP contribution in [-0.2, 0) is 4.74 Å². The van der Waals surface area contributed by atoms with Gasteiger partial charge in [-0.05, 0) is 44.2 Å². The predicted octanol–water partition coefficient (Wildman–Crippen LogP) is 3.26. The Morgan fingerprint density at radius 3 is 2.33 bits per heavy atom. The highest BCUT2D eigenvalue weighted by Crippen LogP contribution is 2.30. The van der Waals surface area contributed by atoms with E-state index < -0.39 is 5.97 Å². The molecule has 0 spiro atoms. The highest BCUT2D eigenvalue weighted by Gasteiger charge is 2.23. The summed E-state index contributed by atoms with van der Waals surface area (Å²) in [5, 5.41) is 2.97. The average molecular weight is 412 g/mol. The number of nitrogens with one attached hydrogen (secondary N) is 1. The van der Waals surface area contributed by atoms with E-state index in [-0.39, 0.29) is 5.91 Å². The van der Waals surface area contributed by atoms with Crippen LogP contribution in [0, 0.1) is 0 Å². The van der Waals surface area contributed by atoms with Gasteiger partial charge in [0.2, 0.25) is 0 Å². The van der Waals surface area contributed by atoms with Gasteiger partial charge in [0.25, 0.3) is 5.91 Å². The molecule has 0 bridgehead atoms. The van der Waals surface area contributed by atoms with Gasteiger partial charge in [-0.2, -0.15) is 0 Å². The molecule has 0 atom stereocenters. The van der Waals surface area contributed by atoms with Crippen molar-refractivity contribution in [2.75, 3.05) is 50.6 Å². The Hall–Kier alpha value is -3.06. The first-order chi connectivity index (χ1) is 14.4. The molecule has 30 heavy (non-hydrogen) atoms. The van der Waals surface area contributed by atoms with Gasteiger partial charge in [0.1, 0.15) is 5.75 Å². The van der Waals surface area contributed by atoms with Gasteiger partial charge < -0.3 is 19.7 Å². The highest BCUT2D eigenvalue weighted by atomic mass is 16.5. The molecular weight excluding hydrogens is 382 g/mol. The minimum absolute atomic E-state index is 0.295. The number of benzene rings is 2. The number of nitrogens with zero attached hydrogens (tertiary/aromatic N) is 2. The van der Waals surface area contributed by atoms with Crippen LogP contribution < -0.4 is 15.0 Å². The number of para-hydroxylation sites is 1. The maximum atomic E-state index is 13.0. The zero-order valence-corrected chi connectivity index (χ0v) is 18.0. The van der Waals surface area contributed by atoms with Crippen LogP contribution in [0.25, 0.3) is 0 Å². The fourth-order valence-corrected chi connectivity index (χ4v) is 3.66. The van der Waals surface area contributed by atoms with Crippen molar-refractivity contribution in [2.45, 2.75) is 19.9 Å². The van der Waals surface area contributed by atoms with Crippen LogP contribution in [0.15, 0.2) is 42.5 Å². The molecule has 0 saturated carbocycles. The molecule has 0 aromatic heterocycles. The summed E-state index contributed by atoms with van der Waals surface area (Å²) in [5.41, 5.74) is 2.28. The first kappa shape index (κ1) is 21.6. The molecule has 160 valence electrons. The zero-order chi connectivity index (χ0) is 21.7. The second-order valence-corrected chi connectivity index (χ2v) is 7.49. The summed E-state index contributed by atoms with van der Waals surface area (Å²) in [7, 11) is 2.87. The number of carbonyl (C=O) groups excluding carboxylic acids is 2. The second-order valence-electron chi connectivity index (χ2n) is 7.49. The van der Waals surface area contributed by atoms with Gasteiger partial charge in [0, 0.05) is 32.2 Å². The van der Waals surface area contributed by atoms with Crippen LogP contribution in [0.4, 0.5) is 11.4 Å². The van der Waals surface area contributed by atoms with E-state index in [2.05, 4.69) is 29.0 Å². The number of ether oxygens (including phenoxy) is 2. The number of carbonyl (C=O) groups is 2. The van der Waals surface area contributed by atoms with E-state index >= 15 is 0 Å². The average Bonchev–Trinajstić information content (AvgIpc) is 2.78. The van der Waals surface area contributed by atoms with Crippen LogP contribution in [0.1, 0.15) is 34.6 Å². The van der Waals surface area contributed by atoms with Gasteiger partial charge in [-0.3, -0.25) is 9.69 Å². The SMILES string of the molecule is COC(=O)c1ccc(N2CCN(C(C)C)CC2)c(NC(=O)c2ccccc2OC)c1. The number of piperazine rings is 1. The number of amides is 1. The molecular formula is C23H29N3O4. The van der Waals surface area contributed by atoms with E-state index in [9.17, 15) is 9.59 Å². The summed E-state index contributed by atoms with van der Waals surface area (Å²) < 4.78 is 10.2. The first-order valence-corrected chi connectivity index (χ1v) is 10.1. The number of esters is 1. The summed E-state index contributed by atoms with van der Waals surface area (Å²) in [4.78, 5) is 29.7. The number of methoxy groups -OCH3 is 2. The molecule has 1 aliphatic rings. The van der Waals surface area contributed by atoms with E-state index in [1.807, 2.05) is 12.1 Å². The highest BCUT2D eigenvalue weighted by molar-refractivity contribution is 6.08. The van der Waals surface area contributed by atoms with Gasteiger partial charge >= 0.3 is 5.97 Å². The lowest BCUT2D eigenvalue weighted by molar-refractivity contribution is 0.0600. The molecule has 3 rings (SSSR count). The molecule has 7 nitrogen and oxygen atoms in total. The van der Waals surface area contributed by atoms with Crippen molar-refractivity contribution in [1.82, 2.24) is 4.90 Å². The topological polar surface area (TPSA) is 71.1 Å². The maximum absolute atomic E-state index is 13.0. The normalized spacial score (nSPS) is 14.5. The molecule has 2 aromatic rings. The van der Waals surface area contributed by atoms with E-state index in [4.69, 9.17) is 9.47 Å². The second kappa shape index (κ2) is 9.63. The van der Waals surface area contributed by atoms with Gasteiger partial charge in [-0.1, -0.05) is 12.1 Å². The largest absolute Gasteiger partial charge is 0.496 e. The third-order valence-corrected chi connectivity index (χ3v) is 5.40. The monoisotopic (exact) mass is 411 g/mol. The molecule has 1 aliphatic heterocycles. The Bertz CT molecular complexity index is 905. The fourth-order valence-electron chi connectivity index (χ4n) is 3.66. The molecule has 0 aliphatic carbocycles. The van der Waals surface area contributed by atoms with Crippen LogP contribution in [-0.4, -0.2) is 63.2 Å². The van der Waals surface area contributed by atoms with Gasteiger partial charge in [-0.25, -0.2) is 4.79 Å². The third-order valence-electron chi connectivity index (χ3n) is 5.40. The van der Waals surface area contributed by atoms with Gasteiger partial charge in [-0.15, -0.1) is 0 Å². The number of rotatable bonds is 6. The Kier molecular flexibility index (Phi) is 6.95. The van der Waals surface area contributed by atoms with Gasteiger partial charge in [0.05, 0.1) is 36.7 Å². The Morgan fingerprint density at radius 1 is 1.00 bits per heavy atom. The molecule has 1 saturated heterocycles. The van der Waals surface area contributed by atoms with Crippen LogP contribution in [0.5, 0.6) is 5.75 Å². The lowest BCUT2D eigenvalue weighted by Crippen LogP contribution is -2.49. The molecule has 1 fully saturated rings. The Labute approximate surface area is 177 Å². The van der Waals surface area contributed by atoms with Crippen molar-refractivity contribution in [3.05, 3.63) is 53.6 Å². The van der Waals surface area contributed by atoms with Crippen molar-refractivity contribution in [1.29, 1.82) is 0 Å². The molecule has 0 radical (unpaired) electrons. The minimum Gasteiger partial charge on any atom is -0.496 e. The summed E-state index contributed by atoms with van der Waals surface area (Å²) in [6, 6.07) is 12.8. The summed E-state index contributed by atoms with van der Waals surface area (Å²) in [6.07, 6.45) is 0. The van der Waals surface area contributed by atoms with Crippen LogP contribution >= 0.6 is 0 Å². The van der Waals surface area contributed by atoms with Crippen molar-refractivity contribution in [3.8, 4) is 5.75 Å². The van der Waals surface area contributed by atoms with Crippen molar-refractivity contribution >= 4 is 23.3 Å². The smallest absolute Gasteiger partial charge is 0.337 e. The standard InChI is InChI=1S/C23H29N3O4/c1-16(2)25-11-13-26(14-12-25)20-10-9-17(23(28)30-4)15-19(20)24-22(27)18-7-5-6-8-21(18)29-3/h5-10,15-16H,11-14H2,1-4H3,(H,24,27). The predicted molar refractivity (Wildman–Crippen MR) is 118 cm³/mol. The zero-order valence-electron chi connectivity index (χ0n) is 18.0. The van der Waals surface area contributed by atoms with E-state index in [1.54, 1.807) is 30.3 Å². The number of hydrogen-bond acceptors (Lipinski definition) is 6. The Balaban J connectivity index is 1.90. The third kappa shape index (κ3) is 4.74. The molecule has 1 N–H and O–H groups in total. The molecule has 1 amide bonds. The minimum atomic E-state index is -0.445. The lowest BCUT2D eigenvalue weighted by Gasteiger charge is -2.38. The quantitative estimate of drug-likeness (QED) is 0.736. The molecule has 0 unspecified atom stereocenters. The molecule has 7 heteroatoms. The van der Waals surface area contributed by atoms with Crippen molar-refractivity contribution < 1.29 is 19.1 Å². The summed E-state index contributed by atoms with van der Waals surface area (Å²) in [5.74, 6) is -0.248. The molecule has 1 heterocycles. The first-order valence-electron chi connectivity index (χ1n) is 10.1.